The van der Waals surface area contributed by atoms with E-state index < -0.39 is 5.97 Å². The first-order valence-corrected chi connectivity index (χ1v) is 8.52. The molecule has 3 saturated heterocycles. The lowest BCUT2D eigenvalue weighted by Gasteiger charge is -2.56. The molecule has 2 aromatic rings. The number of hydrogen-bond donors (Lipinski definition) is 0. The molecule has 0 aromatic carbocycles. The topological polar surface area (TPSA) is 71.7 Å². The summed E-state index contributed by atoms with van der Waals surface area (Å²) >= 11 is 0. The fraction of sp³-hybridized carbons (Fsp3) is 0.500. The number of hydrogen-bond acceptors (Lipinski definition) is 7. The molecule has 2 aromatic heterocycles. The van der Waals surface area contributed by atoms with Crippen LogP contribution in [0.4, 0.5) is 5.82 Å². The Bertz CT molecular complexity index is 791. The third-order valence-corrected chi connectivity index (χ3v) is 5.34. The largest absolute Gasteiger partial charge is 0.463 e. The standard InChI is InChI=1S/C18H22N4O3/c1-11-12(2)19-10-20-17(11)21-7-13-6-14(8-21)22(13)9-15-4-5-16(25-15)18(23)24-3/h4-5,10,13-14H,6-9H2,1-3H3. The van der Waals surface area contributed by atoms with Crippen LogP contribution in [-0.4, -0.2) is 53.1 Å². The third kappa shape index (κ3) is 2.78. The van der Waals surface area contributed by atoms with Crippen molar-refractivity contribution in [1.29, 1.82) is 0 Å². The molecule has 0 spiro atoms. The maximum Gasteiger partial charge on any atom is 0.373 e. The molecule has 3 fully saturated rings. The molecule has 2 bridgehead atoms. The van der Waals surface area contributed by atoms with E-state index in [1.165, 1.54) is 13.5 Å². The lowest BCUT2D eigenvalue weighted by atomic mass is 9.87. The van der Waals surface area contributed by atoms with Gasteiger partial charge in [0.2, 0.25) is 5.76 Å². The number of carbonyl (C=O) groups is 1. The number of nitrogens with zero attached hydrogens (tertiary/aromatic N) is 4. The molecular formula is C18H22N4O3. The van der Waals surface area contributed by atoms with Gasteiger partial charge in [-0.2, -0.15) is 0 Å². The molecule has 7 nitrogen and oxygen atoms in total. The minimum absolute atomic E-state index is 0.261. The van der Waals surface area contributed by atoms with E-state index in [4.69, 9.17) is 4.42 Å². The molecule has 0 aliphatic carbocycles. The number of fused-ring (bicyclic) bond motifs is 2. The molecule has 3 aliphatic rings. The smallest absolute Gasteiger partial charge is 0.373 e. The highest BCUT2D eigenvalue weighted by Gasteiger charge is 2.45. The van der Waals surface area contributed by atoms with Crippen LogP contribution >= 0.6 is 0 Å². The van der Waals surface area contributed by atoms with E-state index in [1.54, 1.807) is 12.4 Å². The Hall–Kier alpha value is -2.41. The molecule has 0 saturated carbocycles. The van der Waals surface area contributed by atoms with E-state index >= 15 is 0 Å². The predicted molar refractivity (Wildman–Crippen MR) is 91.5 cm³/mol. The Labute approximate surface area is 146 Å². The summed E-state index contributed by atoms with van der Waals surface area (Å²) in [6, 6.07) is 4.51. The summed E-state index contributed by atoms with van der Waals surface area (Å²) in [5.41, 5.74) is 2.19. The fourth-order valence-corrected chi connectivity index (χ4v) is 3.82. The zero-order valence-electron chi connectivity index (χ0n) is 14.7. The van der Waals surface area contributed by atoms with E-state index in [9.17, 15) is 4.79 Å². The molecule has 132 valence electrons. The number of rotatable bonds is 4. The monoisotopic (exact) mass is 342 g/mol. The lowest BCUT2D eigenvalue weighted by molar-refractivity contribution is -0.0140. The first-order valence-electron chi connectivity index (χ1n) is 8.52. The van der Waals surface area contributed by atoms with Crippen molar-refractivity contribution >= 4 is 11.8 Å². The maximum absolute atomic E-state index is 11.5. The van der Waals surface area contributed by atoms with Gasteiger partial charge in [0.25, 0.3) is 0 Å². The summed E-state index contributed by atoms with van der Waals surface area (Å²) in [4.78, 5) is 25.1. The Morgan fingerprint density at radius 2 is 2.04 bits per heavy atom. The van der Waals surface area contributed by atoms with Gasteiger partial charge in [-0.15, -0.1) is 0 Å². The number of anilines is 1. The van der Waals surface area contributed by atoms with Crippen molar-refractivity contribution in [1.82, 2.24) is 14.9 Å². The molecular weight excluding hydrogens is 320 g/mol. The Kier molecular flexibility index (Phi) is 3.95. The molecule has 7 heteroatoms. The SMILES string of the molecule is COC(=O)c1ccc(CN2C3CC2CN(c2ncnc(C)c2C)C3)o1. The van der Waals surface area contributed by atoms with Crippen molar-refractivity contribution in [2.24, 2.45) is 0 Å². The van der Waals surface area contributed by atoms with Crippen LogP contribution in [0.3, 0.4) is 0 Å². The van der Waals surface area contributed by atoms with Gasteiger partial charge in [0, 0.05) is 36.4 Å². The quantitative estimate of drug-likeness (QED) is 0.786. The Balaban J connectivity index is 1.43. The van der Waals surface area contributed by atoms with Crippen LogP contribution in [0.25, 0.3) is 0 Å². The first-order chi connectivity index (χ1) is 12.1. The van der Waals surface area contributed by atoms with Gasteiger partial charge in [0.05, 0.1) is 13.7 Å². The summed E-state index contributed by atoms with van der Waals surface area (Å²) in [5.74, 6) is 1.68. The average molecular weight is 342 g/mol. The molecule has 0 N–H and O–H groups in total. The van der Waals surface area contributed by atoms with Crippen LogP contribution < -0.4 is 4.90 Å². The van der Waals surface area contributed by atoms with Crippen LogP contribution in [0.5, 0.6) is 0 Å². The van der Waals surface area contributed by atoms with E-state index in [0.717, 1.165) is 42.5 Å². The molecule has 25 heavy (non-hydrogen) atoms. The summed E-state index contributed by atoms with van der Waals surface area (Å²) < 4.78 is 10.3. The Morgan fingerprint density at radius 3 is 2.76 bits per heavy atom. The number of esters is 1. The molecule has 3 aliphatic heterocycles. The van der Waals surface area contributed by atoms with Gasteiger partial charge >= 0.3 is 5.97 Å². The third-order valence-electron chi connectivity index (χ3n) is 5.34. The van der Waals surface area contributed by atoms with Gasteiger partial charge in [-0.3, -0.25) is 4.90 Å². The van der Waals surface area contributed by atoms with E-state index in [1.807, 2.05) is 13.0 Å². The van der Waals surface area contributed by atoms with Crippen molar-refractivity contribution in [2.45, 2.75) is 38.9 Å². The number of piperazine rings is 1. The number of ether oxygens (including phenoxy) is 1. The molecule has 2 unspecified atom stereocenters. The highest BCUT2D eigenvalue weighted by Crippen LogP contribution is 2.36. The van der Waals surface area contributed by atoms with E-state index in [0.29, 0.717) is 12.1 Å². The van der Waals surface area contributed by atoms with Crippen LogP contribution in [0, 0.1) is 13.8 Å². The zero-order chi connectivity index (χ0) is 17.6. The van der Waals surface area contributed by atoms with Crippen LogP contribution in [0.15, 0.2) is 22.9 Å². The molecule has 0 amide bonds. The maximum atomic E-state index is 11.5. The van der Waals surface area contributed by atoms with Gasteiger partial charge in [-0.25, -0.2) is 14.8 Å². The van der Waals surface area contributed by atoms with E-state index in [2.05, 4.69) is 31.4 Å². The predicted octanol–water partition coefficient (Wildman–Crippen LogP) is 1.94. The van der Waals surface area contributed by atoms with Crippen molar-refractivity contribution in [3.8, 4) is 0 Å². The number of piperidine rings is 1. The lowest BCUT2D eigenvalue weighted by Crippen LogP contribution is -2.68. The van der Waals surface area contributed by atoms with Crippen LogP contribution in [0.2, 0.25) is 0 Å². The van der Waals surface area contributed by atoms with Gasteiger partial charge in [-0.1, -0.05) is 0 Å². The highest BCUT2D eigenvalue weighted by molar-refractivity contribution is 5.86. The minimum atomic E-state index is -0.434. The van der Waals surface area contributed by atoms with Crippen molar-refractivity contribution in [3.05, 3.63) is 41.2 Å². The number of aromatic nitrogens is 2. The van der Waals surface area contributed by atoms with Gasteiger partial charge < -0.3 is 14.1 Å². The second-order valence-corrected chi connectivity index (χ2v) is 6.79. The second-order valence-electron chi connectivity index (χ2n) is 6.79. The van der Waals surface area contributed by atoms with Crippen molar-refractivity contribution in [3.63, 3.8) is 0 Å². The minimum Gasteiger partial charge on any atom is -0.463 e. The second kappa shape index (κ2) is 6.15. The molecule has 5 heterocycles. The average Bonchev–Trinajstić information content (AvgIpc) is 3.10. The summed E-state index contributed by atoms with van der Waals surface area (Å²) in [7, 11) is 1.36. The summed E-state index contributed by atoms with van der Waals surface area (Å²) in [5, 5.41) is 0. The summed E-state index contributed by atoms with van der Waals surface area (Å²) in [6.45, 7) is 6.74. The number of furan rings is 1. The zero-order valence-corrected chi connectivity index (χ0v) is 14.7. The van der Waals surface area contributed by atoms with Crippen LogP contribution in [0.1, 0.15) is 34.0 Å². The number of carbonyl (C=O) groups excluding carboxylic acids is 1. The molecule has 5 rings (SSSR count). The Morgan fingerprint density at radius 1 is 1.28 bits per heavy atom. The normalized spacial score (nSPS) is 22.6. The fourth-order valence-electron chi connectivity index (χ4n) is 3.82. The van der Waals surface area contributed by atoms with Crippen molar-refractivity contribution in [2.75, 3.05) is 25.1 Å². The van der Waals surface area contributed by atoms with E-state index in [-0.39, 0.29) is 5.76 Å². The highest BCUT2D eigenvalue weighted by atomic mass is 16.5. The molecule has 0 radical (unpaired) electrons. The summed E-state index contributed by atoms with van der Waals surface area (Å²) in [6.07, 6.45) is 2.84. The van der Waals surface area contributed by atoms with Gasteiger partial charge in [0.1, 0.15) is 17.9 Å². The van der Waals surface area contributed by atoms with Crippen molar-refractivity contribution < 1.29 is 13.9 Å². The van der Waals surface area contributed by atoms with Crippen LogP contribution in [-0.2, 0) is 11.3 Å². The number of aryl methyl sites for hydroxylation is 1. The van der Waals surface area contributed by atoms with Gasteiger partial charge in [0.15, 0.2) is 0 Å². The number of methoxy groups -OCH3 is 1. The van der Waals surface area contributed by atoms with Gasteiger partial charge in [-0.05, 0) is 32.4 Å². The molecule has 2 atom stereocenters. The first kappa shape index (κ1) is 16.1.